The Labute approximate surface area is 105 Å². The van der Waals surface area contributed by atoms with E-state index < -0.39 is 0 Å². The number of aryl methyl sites for hydroxylation is 2. The molecule has 1 aromatic carbocycles. The molecule has 94 valence electrons. The molecule has 1 rings (SSSR count). The molecule has 17 heavy (non-hydrogen) atoms. The molecule has 1 unspecified atom stereocenters. The molecule has 1 aromatic rings. The van der Waals surface area contributed by atoms with E-state index in [0.717, 1.165) is 25.7 Å². The largest absolute Gasteiger partial charge is 0.300 e. The van der Waals surface area contributed by atoms with E-state index >= 15 is 0 Å². The maximum absolute atomic E-state index is 11.6. The molecule has 0 saturated heterocycles. The van der Waals surface area contributed by atoms with Gasteiger partial charge in [-0.05, 0) is 43.7 Å². The Bertz CT molecular complexity index is 379. The molecule has 0 bridgehead atoms. The van der Waals surface area contributed by atoms with Crippen molar-refractivity contribution in [1.29, 1.82) is 0 Å². The second-order valence-electron chi connectivity index (χ2n) is 5.23. The molecule has 0 N–H and O–H groups in total. The number of carbonyl (C=O) groups is 1. The molecular weight excluding hydrogens is 208 g/mol. The van der Waals surface area contributed by atoms with E-state index in [1.165, 1.54) is 16.7 Å². The SMILES string of the molecule is CCCC(=O)CC(C)Cc1cc(C)ccc1C. The number of benzene rings is 1. The molecule has 0 aliphatic heterocycles. The summed E-state index contributed by atoms with van der Waals surface area (Å²) in [5, 5.41) is 0. The summed E-state index contributed by atoms with van der Waals surface area (Å²) in [6.07, 6.45) is 3.44. The number of rotatable bonds is 6. The molecule has 0 heterocycles. The van der Waals surface area contributed by atoms with Crippen molar-refractivity contribution in [1.82, 2.24) is 0 Å². The average Bonchev–Trinajstić information content (AvgIpc) is 2.23. The smallest absolute Gasteiger partial charge is 0.133 e. The van der Waals surface area contributed by atoms with Gasteiger partial charge in [-0.3, -0.25) is 4.79 Å². The molecule has 0 spiro atoms. The number of Topliss-reactive ketones (excluding diaryl/α,β-unsaturated/α-hetero) is 1. The van der Waals surface area contributed by atoms with Gasteiger partial charge in [-0.1, -0.05) is 37.6 Å². The van der Waals surface area contributed by atoms with Crippen LogP contribution in [0, 0.1) is 19.8 Å². The molecule has 0 fully saturated rings. The van der Waals surface area contributed by atoms with Gasteiger partial charge in [0.1, 0.15) is 5.78 Å². The molecule has 1 nitrogen and oxygen atoms in total. The zero-order chi connectivity index (χ0) is 12.8. The summed E-state index contributed by atoms with van der Waals surface area (Å²) in [6, 6.07) is 6.56. The molecular formula is C16H24O. The lowest BCUT2D eigenvalue weighted by atomic mass is 9.92. The van der Waals surface area contributed by atoms with Crippen LogP contribution >= 0.6 is 0 Å². The summed E-state index contributed by atoms with van der Waals surface area (Å²) < 4.78 is 0. The standard InChI is InChI=1S/C16H24O/c1-5-6-16(17)11-13(3)10-15-9-12(2)7-8-14(15)4/h7-9,13H,5-6,10-11H2,1-4H3. The number of ketones is 1. The zero-order valence-corrected chi connectivity index (χ0v) is 11.5. The molecule has 0 saturated carbocycles. The summed E-state index contributed by atoms with van der Waals surface area (Å²) in [7, 11) is 0. The van der Waals surface area contributed by atoms with Crippen molar-refractivity contribution in [2.24, 2.45) is 5.92 Å². The highest BCUT2D eigenvalue weighted by molar-refractivity contribution is 5.78. The summed E-state index contributed by atoms with van der Waals surface area (Å²) in [5.41, 5.74) is 4.03. The van der Waals surface area contributed by atoms with E-state index in [4.69, 9.17) is 0 Å². The third-order valence-electron chi connectivity index (χ3n) is 3.18. The predicted molar refractivity (Wildman–Crippen MR) is 73.3 cm³/mol. The Kier molecular flexibility index (Phi) is 5.40. The van der Waals surface area contributed by atoms with Gasteiger partial charge >= 0.3 is 0 Å². The first-order valence-corrected chi connectivity index (χ1v) is 6.60. The van der Waals surface area contributed by atoms with E-state index in [1.807, 2.05) is 0 Å². The van der Waals surface area contributed by atoms with Crippen LogP contribution < -0.4 is 0 Å². The third-order valence-corrected chi connectivity index (χ3v) is 3.18. The maximum Gasteiger partial charge on any atom is 0.133 e. The number of carbonyl (C=O) groups excluding carboxylic acids is 1. The van der Waals surface area contributed by atoms with Crippen LogP contribution in [0.25, 0.3) is 0 Å². The number of hydrogen-bond donors (Lipinski definition) is 0. The van der Waals surface area contributed by atoms with Gasteiger partial charge in [0.25, 0.3) is 0 Å². The molecule has 1 heteroatoms. The first-order chi connectivity index (χ1) is 8.02. The topological polar surface area (TPSA) is 17.1 Å². The van der Waals surface area contributed by atoms with Crippen LogP contribution in [0.4, 0.5) is 0 Å². The van der Waals surface area contributed by atoms with Gasteiger partial charge in [-0.2, -0.15) is 0 Å². The fourth-order valence-electron chi connectivity index (χ4n) is 2.24. The van der Waals surface area contributed by atoms with Crippen LogP contribution in [0.3, 0.4) is 0 Å². The summed E-state index contributed by atoms with van der Waals surface area (Å²) in [6.45, 7) is 8.51. The van der Waals surface area contributed by atoms with E-state index in [1.54, 1.807) is 0 Å². The van der Waals surface area contributed by atoms with Crippen molar-refractivity contribution in [3.05, 3.63) is 34.9 Å². The van der Waals surface area contributed by atoms with E-state index in [2.05, 4.69) is 45.9 Å². The minimum absolute atomic E-state index is 0.408. The summed E-state index contributed by atoms with van der Waals surface area (Å²) >= 11 is 0. The van der Waals surface area contributed by atoms with Crippen LogP contribution in [0.2, 0.25) is 0 Å². The minimum atomic E-state index is 0.408. The molecule has 0 aromatic heterocycles. The molecule has 1 atom stereocenters. The van der Waals surface area contributed by atoms with Gasteiger partial charge in [0.05, 0.1) is 0 Å². The monoisotopic (exact) mass is 232 g/mol. The van der Waals surface area contributed by atoms with Crippen molar-refractivity contribution in [2.75, 3.05) is 0 Å². The van der Waals surface area contributed by atoms with Crippen LogP contribution in [0.15, 0.2) is 18.2 Å². The highest BCUT2D eigenvalue weighted by Gasteiger charge is 2.10. The van der Waals surface area contributed by atoms with Crippen molar-refractivity contribution in [3.63, 3.8) is 0 Å². The lowest BCUT2D eigenvalue weighted by Crippen LogP contribution is -2.08. The molecule has 0 aliphatic rings. The number of hydrogen-bond acceptors (Lipinski definition) is 1. The van der Waals surface area contributed by atoms with Gasteiger partial charge in [0.15, 0.2) is 0 Å². The Balaban J connectivity index is 2.58. The summed E-state index contributed by atoms with van der Waals surface area (Å²) in [4.78, 5) is 11.6. The van der Waals surface area contributed by atoms with Crippen molar-refractivity contribution >= 4 is 5.78 Å². The second kappa shape index (κ2) is 6.58. The zero-order valence-electron chi connectivity index (χ0n) is 11.5. The normalized spacial score (nSPS) is 12.5. The fourth-order valence-corrected chi connectivity index (χ4v) is 2.24. The van der Waals surface area contributed by atoms with Crippen LogP contribution in [-0.2, 0) is 11.2 Å². The highest BCUT2D eigenvalue weighted by Crippen LogP contribution is 2.18. The first-order valence-electron chi connectivity index (χ1n) is 6.60. The Morgan fingerprint density at radius 3 is 2.65 bits per heavy atom. The van der Waals surface area contributed by atoms with Gasteiger partial charge in [-0.25, -0.2) is 0 Å². The first kappa shape index (κ1) is 14.0. The molecule has 0 radical (unpaired) electrons. The average molecular weight is 232 g/mol. The van der Waals surface area contributed by atoms with Crippen LogP contribution in [0.1, 0.15) is 49.8 Å². The van der Waals surface area contributed by atoms with Gasteiger partial charge in [0.2, 0.25) is 0 Å². The fraction of sp³-hybridized carbons (Fsp3) is 0.562. The maximum atomic E-state index is 11.6. The highest BCUT2D eigenvalue weighted by atomic mass is 16.1. The van der Waals surface area contributed by atoms with Gasteiger partial charge in [-0.15, -0.1) is 0 Å². The molecule has 0 amide bonds. The van der Waals surface area contributed by atoms with Crippen LogP contribution in [-0.4, -0.2) is 5.78 Å². The lowest BCUT2D eigenvalue weighted by Gasteiger charge is -2.13. The second-order valence-corrected chi connectivity index (χ2v) is 5.23. The van der Waals surface area contributed by atoms with Crippen LogP contribution in [0.5, 0.6) is 0 Å². The van der Waals surface area contributed by atoms with Gasteiger partial charge in [0, 0.05) is 12.8 Å². The lowest BCUT2D eigenvalue weighted by molar-refractivity contribution is -0.119. The van der Waals surface area contributed by atoms with Gasteiger partial charge < -0.3 is 0 Å². The Morgan fingerprint density at radius 1 is 1.29 bits per heavy atom. The Hall–Kier alpha value is -1.11. The van der Waals surface area contributed by atoms with E-state index in [9.17, 15) is 4.79 Å². The van der Waals surface area contributed by atoms with E-state index in [-0.39, 0.29) is 0 Å². The van der Waals surface area contributed by atoms with Crippen molar-refractivity contribution < 1.29 is 4.79 Å². The quantitative estimate of drug-likeness (QED) is 0.717. The minimum Gasteiger partial charge on any atom is -0.300 e. The summed E-state index contributed by atoms with van der Waals surface area (Å²) in [5.74, 6) is 0.861. The Morgan fingerprint density at radius 2 is 2.00 bits per heavy atom. The van der Waals surface area contributed by atoms with Crippen molar-refractivity contribution in [3.8, 4) is 0 Å². The third kappa shape index (κ3) is 4.72. The van der Waals surface area contributed by atoms with Crippen molar-refractivity contribution in [2.45, 2.75) is 53.4 Å². The van der Waals surface area contributed by atoms with E-state index in [0.29, 0.717) is 11.7 Å². The predicted octanol–water partition coefficient (Wildman–Crippen LogP) is 4.24. The molecule has 0 aliphatic carbocycles.